The number of ketones is 1. The number of amides is 1. The monoisotopic (exact) mass is 331 g/mol. The molecule has 1 fully saturated rings. The zero-order chi connectivity index (χ0) is 16.1. The van der Waals surface area contributed by atoms with E-state index in [-0.39, 0.29) is 17.8 Å². The van der Waals surface area contributed by atoms with Crippen molar-refractivity contribution >= 4 is 23.0 Å². The number of ether oxygens (including phenoxy) is 2. The first kappa shape index (κ1) is 15.9. The molecule has 1 aromatic carbocycles. The maximum atomic E-state index is 12.5. The second-order valence-corrected chi connectivity index (χ2v) is 6.08. The fourth-order valence-corrected chi connectivity index (χ4v) is 3.05. The molecule has 5 nitrogen and oxygen atoms in total. The molecular weight excluding hydrogens is 314 g/mol. The van der Waals surface area contributed by atoms with Crippen molar-refractivity contribution in [2.45, 2.75) is 6.10 Å². The van der Waals surface area contributed by atoms with Crippen molar-refractivity contribution in [1.29, 1.82) is 0 Å². The molecule has 2 aromatic rings. The largest absolute Gasteiger partial charge is 0.376 e. The molecule has 0 bridgehead atoms. The number of carbonyl (C=O) groups excluding carboxylic acids is 2. The zero-order valence-corrected chi connectivity index (χ0v) is 13.3. The number of nitrogens with one attached hydrogen (secondary N) is 1. The number of benzene rings is 1. The van der Waals surface area contributed by atoms with E-state index in [2.05, 4.69) is 5.32 Å². The summed E-state index contributed by atoms with van der Waals surface area (Å²) < 4.78 is 10.8. The predicted molar refractivity (Wildman–Crippen MR) is 87.1 cm³/mol. The van der Waals surface area contributed by atoms with E-state index in [1.807, 2.05) is 11.4 Å². The highest BCUT2D eigenvalue weighted by molar-refractivity contribution is 7.12. The van der Waals surface area contributed by atoms with Gasteiger partial charge in [0.25, 0.3) is 5.91 Å². The van der Waals surface area contributed by atoms with Gasteiger partial charge in [-0.2, -0.15) is 0 Å². The molecule has 0 radical (unpaired) electrons. The van der Waals surface area contributed by atoms with E-state index in [0.717, 1.165) is 0 Å². The molecule has 1 amide bonds. The van der Waals surface area contributed by atoms with E-state index in [4.69, 9.17) is 9.47 Å². The van der Waals surface area contributed by atoms with Gasteiger partial charge in [-0.05, 0) is 17.5 Å². The van der Waals surface area contributed by atoms with Crippen molar-refractivity contribution in [3.63, 3.8) is 0 Å². The highest BCUT2D eigenvalue weighted by Crippen LogP contribution is 2.18. The molecule has 6 heteroatoms. The van der Waals surface area contributed by atoms with Gasteiger partial charge in [0.1, 0.15) is 0 Å². The van der Waals surface area contributed by atoms with Crippen LogP contribution < -0.4 is 5.32 Å². The Kier molecular flexibility index (Phi) is 5.17. The third-order valence-corrected chi connectivity index (χ3v) is 4.41. The third-order valence-electron chi connectivity index (χ3n) is 3.54. The summed E-state index contributed by atoms with van der Waals surface area (Å²) in [5, 5.41) is 4.66. The minimum Gasteiger partial charge on any atom is -0.376 e. The Balaban J connectivity index is 1.71. The lowest BCUT2D eigenvalue weighted by Crippen LogP contribution is -2.40. The van der Waals surface area contributed by atoms with Gasteiger partial charge in [0, 0.05) is 12.1 Å². The van der Waals surface area contributed by atoms with Crippen LogP contribution in [-0.2, 0) is 9.47 Å². The first-order valence-electron chi connectivity index (χ1n) is 7.40. The molecule has 3 rings (SSSR count). The van der Waals surface area contributed by atoms with Crippen molar-refractivity contribution < 1.29 is 19.1 Å². The van der Waals surface area contributed by atoms with E-state index >= 15 is 0 Å². The highest BCUT2D eigenvalue weighted by Gasteiger charge is 2.20. The zero-order valence-electron chi connectivity index (χ0n) is 12.5. The molecule has 0 saturated carbocycles. The number of rotatable bonds is 5. The Hall–Kier alpha value is -2.02. The summed E-state index contributed by atoms with van der Waals surface area (Å²) in [7, 11) is 0. The maximum absolute atomic E-state index is 12.5. The highest BCUT2D eigenvalue weighted by atomic mass is 32.1. The van der Waals surface area contributed by atoms with Gasteiger partial charge >= 0.3 is 0 Å². The van der Waals surface area contributed by atoms with E-state index in [1.54, 1.807) is 30.3 Å². The lowest BCUT2D eigenvalue weighted by Gasteiger charge is -2.23. The second kappa shape index (κ2) is 7.50. The van der Waals surface area contributed by atoms with Gasteiger partial charge in [-0.15, -0.1) is 11.3 Å². The molecule has 1 aliphatic heterocycles. The fraction of sp³-hybridized carbons (Fsp3) is 0.294. The van der Waals surface area contributed by atoms with Crippen LogP contribution >= 0.6 is 11.3 Å². The standard InChI is InChI=1S/C17H17NO4S/c19-16(15-6-3-9-23-15)13-4-1-2-5-14(13)17(20)18-10-12-11-21-7-8-22-12/h1-6,9,12H,7-8,10-11H2,(H,18,20). The summed E-state index contributed by atoms with van der Waals surface area (Å²) in [6.07, 6.45) is -0.146. The van der Waals surface area contributed by atoms with Gasteiger partial charge < -0.3 is 14.8 Å². The molecule has 23 heavy (non-hydrogen) atoms. The molecule has 120 valence electrons. The van der Waals surface area contributed by atoms with Crippen LogP contribution in [-0.4, -0.2) is 44.2 Å². The lowest BCUT2D eigenvalue weighted by molar-refractivity contribution is -0.0855. The third kappa shape index (κ3) is 3.85. The van der Waals surface area contributed by atoms with Gasteiger partial charge in [0.2, 0.25) is 5.78 Å². The van der Waals surface area contributed by atoms with Crippen LogP contribution in [0.1, 0.15) is 25.6 Å². The lowest BCUT2D eigenvalue weighted by atomic mass is 10.0. The predicted octanol–water partition coefficient (Wildman–Crippen LogP) is 2.12. The van der Waals surface area contributed by atoms with E-state index in [1.165, 1.54) is 11.3 Å². The maximum Gasteiger partial charge on any atom is 0.252 e. The Labute approximate surface area is 138 Å². The topological polar surface area (TPSA) is 64.6 Å². The van der Waals surface area contributed by atoms with Crippen LogP contribution in [0.3, 0.4) is 0 Å². The average molecular weight is 331 g/mol. The summed E-state index contributed by atoms with van der Waals surface area (Å²) in [6, 6.07) is 10.4. The van der Waals surface area contributed by atoms with Crippen molar-refractivity contribution in [2.75, 3.05) is 26.4 Å². The fourth-order valence-electron chi connectivity index (χ4n) is 2.38. The van der Waals surface area contributed by atoms with Gasteiger partial charge in [-0.1, -0.05) is 24.3 Å². The molecule has 1 N–H and O–H groups in total. The summed E-state index contributed by atoms with van der Waals surface area (Å²) in [4.78, 5) is 25.6. The molecule has 0 aliphatic carbocycles. The van der Waals surface area contributed by atoms with Gasteiger partial charge in [-0.3, -0.25) is 9.59 Å². The molecule has 1 aliphatic rings. The van der Waals surface area contributed by atoms with Gasteiger partial charge in [0.05, 0.1) is 36.4 Å². The van der Waals surface area contributed by atoms with Gasteiger partial charge in [0.15, 0.2) is 0 Å². The van der Waals surface area contributed by atoms with Crippen molar-refractivity contribution in [3.8, 4) is 0 Å². The quantitative estimate of drug-likeness (QED) is 0.853. The molecule has 2 heterocycles. The second-order valence-electron chi connectivity index (χ2n) is 5.13. The number of hydrogen-bond donors (Lipinski definition) is 1. The van der Waals surface area contributed by atoms with E-state index < -0.39 is 0 Å². The summed E-state index contributed by atoms with van der Waals surface area (Å²) in [5.41, 5.74) is 0.788. The van der Waals surface area contributed by atoms with E-state index in [9.17, 15) is 9.59 Å². The molecular formula is C17H17NO4S. The summed E-state index contributed by atoms with van der Waals surface area (Å²) >= 11 is 1.36. The molecule has 1 aromatic heterocycles. The minimum absolute atomic E-state index is 0.136. The van der Waals surface area contributed by atoms with Crippen LogP contribution in [0.2, 0.25) is 0 Å². The first-order chi connectivity index (χ1) is 11.3. The van der Waals surface area contributed by atoms with E-state index in [0.29, 0.717) is 42.4 Å². The van der Waals surface area contributed by atoms with Crippen LogP contribution in [0.15, 0.2) is 41.8 Å². The van der Waals surface area contributed by atoms with Crippen LogP contribution in [0, 0.1) is 0 Å². The Bertz CT molecular complexity index is 678. The molecule has 1 unspecified atom stereocenters. The minimum atomic E-state index is -0.278. The number of thiophene rings is 1. The smallest absolute Gasteiger partial charge is 0.252 e. The Morgan fingerprint density at radius 2 is 1.96 bits per heavy atom. The average Bonchev–Trinajstić information content (AvgIpc) is 3.14. The SMILES string of the molecule is O=C(NCC1COCCO1)c1ccccc1C(=O)c1cccs1. The Morgan fingerprint density at radius 1 is 1.13 bits per heavy atom. The van der Waals surface area contributed by atoms with Crippen molar-refractivity contribution in [2.24, 2.45) is 0 Å². The summed E-state index contributed by atoms with van der Waals surface area (Å²) in [5.74, 6) is -0.414. The van der Waals surface area contributed by atoms with Crippen LogP contribution in [0.5, 0.6) is 0 Å². The number of hydrogen-bond acceptors (Lipinski definition) is 5. The molecule has 1 saturated heterocycles. The summed E-state index contributed by atoms with van der Waals surface area (Å²) in [6.45, 7) is 1.95. The normalized spacial score (nSPS) is 17.7. The van der Waals surface area contributed by atoms with Gasteiger partial charge in [-0.25, -0.2) is 0 Å². The van der Waals surface area contributed by atoms with Crippen molar-refractivity contribution in [1.82, 2.24) is 5.32 Å². The molecule has 0 spiro atoms. The van der Waals surface area contributed by atoms with Crippen LogP contribution in [0.25, 0.3) is 0 Å². The Morgan fingerprint density at radius 3 is 2.65 bits per heavy atom. The van der Waals surface area contributed by atoms with Crippen molar-refractivity contribution in [3.05, 3.63) is 57.8 Å². The number of carbonyl (C=O) groups is 2. The first-order valence-corrected chi connectivity index (χ1v) is 8.28. The molecule has 1 atom stereocenters. The van der Waals surface area contributed by atoms with Crippen LogP contribution in [0.4, 0.5) is 0 Å².